The lowest BCUT2D eigenvalue weighted by molar-refractivity contribution is -0.158. The third-order valence-electron chi connectivity index (χ3n) is 5.19. The van der Waals surface area contributed by atoms with Crippen molar-refractivity contribution in [3.8, 4) is 0 Å². The molecule has 8 nitrogen and oxygen atoms in total. The standard InChI is InChI=1S/C21H24N2O6S/c1-13-8-9-17(10-14(13)2)30(27,28)23-12-16(24)11-18(23)21(26)29-19(20(22)25)15-6-4-3-5-7-15/h3-10,16,18-19,24H,11-12H2,1-2H3,(H2,22,25)/t16?,18-,19?/m0/s1. The van der Waals surface area contributed by atoms with E-state index in [0.717, 1.165) is 15.4 Å². The van der Waals surface area contributed by atoms with E-state index in [4.69, 9.17) is 10.5 Å². The van der Waals surface area contributed by atoms with Crippen molar-refractivity contribution in [1.29, 1.82) is 0 Å². The summed E-state index contributed by atoms with van der Waals surface area (Å²) in [6.07, 6.45) is -2.53. The van der Waals surface area contributed by atoms with Gasteiger partial charge in [0.25, 0.3) is 5.91 Å². The minimum absolute atomic E-state index is 0.0204. The predicted octanol–water partition coefficient (Wildman–Crippen LogP) is 1.20. The van der Waals surface area contributed by atoms with E-state index in [1.165, 1.54) is 12.1 Å². The summed E-state index contributed by atoms with van der Waals surface area (Å²) in [5.41, 5.74) is 7.48. The fourth-order valence-electron chi connectivity index (χ4n) is 3.39. The van der Waals surface area contributed by atoms with Gasteiger partial charge in [-0.2, -0.15) is 4.31 Å². The maximum atomic E-state index is 13.2. The number of primary amides is 1. The average molecular weight is 432 g/mol. The molecule has 1 aliphatic rings. The Morgan fingerprint density at radius 1 is 1.13 bits per heavy atom. The first-order valence-electron chi connectivity index (χ1n) is 9.43. The number of benzene rings is 2. The largest absolute Gasteiger partial charge is 0.446 e. The van der Waals surface area contributed by atoms with Gasteiger partial charge in [-0.05, 0) is 37.1 Å². The number of β-amino-alcohol motifs (C(OH)–C–C–N with tert-alkyl or cyclic N) is 1. The average Bonchev–Trinajstić information content (AvgIpc) is 3.11. The summed E-state index contributed by atoms with van der Waals surface area (Å²) < 4.78 is 32.6. The summed E-state index contributed by atoms with van der Waals surface area (Å²) in [5.74, 6) is -1.82. The predicted molar refractivity (Wildman–Crippen MR) is 109 cm³/mol. The number of hydrogen-bond donors (Lipinski definition) is 2. The molecule has 30 heavy (non-hydrogen) atoms. The number of sulfonamides is 1. The molecule has 1 heterocycles. The van der Waals surface area contributed by atoms with Gasteiger partial charge in [-0.15, -0.1) is 0 Å². The van der Waals surface area contributed by atoms with Gasteiger partial charge in [0.2, 0.25) is 16.1 Å². The molecule has 1 amide bonds. The third-order valence-corrected chi connectivity index (χ3v) is 7.06. The van der Waals surface area contributed by atoms with E-state index in [0.29, 0.717) is 5.56 Å². The topological polar surface area (TPSA) is 127 Å². The highest BCUT2D eigenvalue weighted by Crippen LogP contribution is 2.29. The Bertz CT molecular complexity index is 1050. The number of aliphatic hydroxyl groups excluding tert-OH is 1. The van der Waals surface area contributed by atoms with Crippen LogP contribution in [-0.2, 0) is 24.3 Å². The SMILES string of the molecule is Cc1ccc(S(=O)(=O)N2CC(O)C[C@H]2C(=O)OC(C(N)=O)c2ccccc2)cc1C. The molecule has 0 radical (unpaired) electrons. The normalized spacial score (nSPS) is 20.6. The van der Waals surface area contributed by atoms with Crippen molar-refractivity contribution in [3.63, 3.8) is 0 Å². The van der Waals surface area contributed by atoms with Crippen LogP contribution < -0.4 is 5.73 Å². The van der Waals surface area contributed by atoms with Gasteiger partial charge in [-0.3, -0.25) is 9.59 Å². The number of carbonyl (C=O) groups is 2. The molecule has 0 bridgehead atoms. The minimum Gasteiger partial charge on any atom is -0.446 e. The van der Waals surface area contributed by atoms with Crippen LogP contribution in [0.15, 0.2) is 53.4 Å². The quantitative estimate of drug-likeness (QED) is 0.661. The number of aryl methyl sites for hydroxylation is 2. The lowest BCUT2D eigenvalue weighted by Gasteiger charge is -2.24. The molecule has 1 fully saturated rings. The Morgan fingerprint density at radius 2 is 1.80 bits per heavy atom. The molecule has 3 rings (SSSR count). The van der Waals surface area contributed by atoms with E-state index in [1.807, 2.05) is 6.92 Å². The number of ether oxygens (including phenoxy) is 1. The molecular weight excluding hydrogens is 408 g/mol. The highest BCUT2D eigenvalue weighted by Gasteiger charge is 2.45. The maximum Gasteiger partial charge on any atom is 0.325 e. The Morgan fingerprint density at radius 3 is 2.40 bits per heavy atom. The van der Waals surface area contributed by atoms with Crippen LogP contribution in [0.2, 0.25) is 0 Å². The first-order valence-corrected chi connectivity index (χ1v) is 10.9. The summed E-state index contributed by atoms with van der Waals surface area (Å²) in [6.45, 7) is 3.40. The molecule has 2 aromatic rings. The van der Waals surface area contributed by atoms with Gasteiger partial charge in [-0.1, -0.05) is 36.4 Å². The number of nitrogens with zero attached hydrogens (tertiary/aromatic N) is 1. The molecule has 2 unspecified atom stereocenters. The van der Waals surface area contributed by atoms with Crippen LogP contribution in [0.4, 0.5) is 0 Å². The first kappa shape index (κ1) is 21.9. The lowest BCUT2D eigenvalue weighted by atomic mass is 10.1. The van der Waals surface area contributed by atoms with Gasteiger partial charge < -0.3 is 15.6 Å². The van der Waals surface area contributed by atoms with Gasteiger partial charge in [0.15, 0.2) is 0 Å². The smallest absolute Gasteiger partial charge is 0.325 e. The van der Waals surface area contributed by atoms with Crippen molar-refractivity contribution >= 4 is 21.9 Å². The Balaban J connectivity index is 1.89. The van der Waals surface area contributed by atoms with E-state index in [2.05, 4.69) is 0 Å². The van der Waals surface area contributed by atoms with Gasteiger partial charge in [0, 0.05) is 18.5 Å². The maximum absolute atomic E-state index is 13.2. The highest BCUT2D eigenvalue weighted by molar-refractivity contribution is 7.89. The molecule has 3 N–H and O–H groups in total. The zero-order chi connectivity index (χ0) is 22.1. The molecular formula is C21H24N2O6S. The van der Waals surface area contributed by atoms with E-state index in [9.17, 15) is 23.1 Å². The Hall–Kier alpha value is -2.75. The van der Waals surface area contributed by atoms with Crippen molar-refractivity contribution in [2.45, 2.75) is 43.4 Å². The van der Waals surface area contributed by atoms with Crippen molar-refractivity contribution in [3.05, 3.63) is 65.2 Å². The molecule has 0 aromatic heterocycles. The van der Waals surface area contributed by atoms with Crippen LogP contribution in [0.25, 0.3) is 0 Å². The zero-order valence-electron chi connectivity index (χ0n) is 16.7. The number of nitrogens with two attached hydrogens (primary N) is 1. The second-order valence-electron chi connectivity index (χ2n) is 7.36. The van der Waals surface area contributed by atoms with E-state index in [-0.39, 0.29) is 17.9 Å². The summed E-state index contributed by atoms with van der Waals surface area (Å²) in [7, 11) is -4.07. The van der Waals surface area contributed by atoms with Crippen LogP contribution >= 0.6 is 0 Å². The van der Waals surface area contributed by atoms with Crippen LogP contribution in [0.5, 0.6) is 0 Å². The van der Waals surface area contributed by atoms with Crippen molar-refractivity contribution < 1.29 is 27.9 Å². The third kappa shape index (κ3) is 4.38. The molecule has 0 saturated carbocycles. The monoisotopic (exact) mass is 432 g/mol. The molecule has 0 aliphatic carbocycles. The second-order valence-corrected chi connectivity index (χ2v) is 9.25. The molecule has 1 aliphatic heterocycles. The zero-order valence-corrected chi connectivity index (χ0v) is 17.5. The summed E-state index contributed by atoms with van der Waals surface area (Å²) in [4.78, 5) is 24.7. The van der Waals surface area contributed by atoms with Crippen LogP contribution in [0.3, 0.4) is 0 Å². The lowest BCUT2D eigenvalue weighted by Crippen LogP contribution is -2.42. The minimum atomic E-state index is -4.07. The summed E-state index contributed by atoms with van der Waals surface area (Å²) in [6, 6.07) is 11.6. The molecule has 160 valence electrons. The van der Waals surface area contributed by atoms with Crippen molar-refractivity contribution in [1.82, 2.24) is 4.31 Å². The number of aliphatic hydroxyl groups is 1. The van der Waals surface area contributed by atoms with Crippen molar-refractivity contribution in [2.75, 3.05) is 6.54 Å². The number of carbonyl (C=O) groups excluding carboxylic acids is 2. The fraction of sp³-hybridized carbons (Fsp3) is 0.333. The Kier molecular flexibility index (Phi) is 6.25. The number of amides is 1. The number of rotatable bonds is 6. The van der Waals surface area contributed by atoms with Crippen LogP contribution in [0.1, 0.15) is 29.2 Å². The van der Waals surface area contributed by atoms with Crippen LogP contribution in [-0.4, -0.2) is 48.4 Å². The molecule has 0 spiro atoms. The van der Waals surface area contributed by atoms with E-state index in [1.54, 1.807) is 43.3 Å². The molecule has 9 heteroatoms. The molecule has 3 atom stereocenters. The fourth-order valence-corrected chi connectivity index (χ4v) is 5.10. The van der Waals surface area contributed by atoms with Gasteiger partial charge >= 0.3 is 5.97 Å². The Labute approximate surface area is 175 Å². The van der Waals surface area contributed by atoms with E-state index >= 15 is 0 Å². The van der Waals surface area contributed by atoms with Gasteiger partial charge in [0.05, 0.1) is 11.0 Å². The van der Waals surface area contributed by atoms with Gasteiger partial charge in [-0.25, -0.2) is 8.42 Å². The summed E-state index contributed by atoms with van der Waals surface area (Å²) >= 11 is 0. The van der Waals surface area contributed by atoms with E-state index < -0.39 is 40.1 Å². The number of esters is 1. The molecule has 2 aromatic carbocycles. The van der Waals surface area contributed by atoms with Crippen LogP contribution in [0, 0.1) is 13.8 Å². The first-order chi connectivity index (χ1) is 14.1. The number of hydrogen-bond acceptors (Lipinski definition) is 6. The second kappa shape index (κ2) is 8.55. The van der Waals surface area contributed by atoms with Gasteiger partial charge in [0.1, 0.15) is 6.04 Å². The highest BCUT2D eigenvalue weighted by atomic mass is 32.2. The molecule has 1 saturated heterocycles. The van der Waals surface area contributed by atoms with Crippen molar-refractivity contribution in [2.24, 2.45) is 5.73 Å². The summed E-state index contributed by atoms with van der Waals surface area (Å²) in [5, 5.41) is 10.1.